The maximum absolute atomic E-state index is 12.5. The molecule has 4 unspecified atom stereocenters. The highest BCUT2D eigenvalue weighted by Gasteiger charge is 2.65. The Labute approximate surface area is 205 Å². The highest BCUT2D eigenvalue weighted by molar-refractivity contribution is 5.81. The van der Waals surface area contributed by atoms with Crippen molar-refractivity contribution in [3.05, 3.63) is 59.7 Å². The molecule has 3 N–H and O–H groups in total. The zero-order valence-corrected chi connectivity index (χ0v) is 20.0. The number of rotatable bonds is 9. The number of hydrogen-bond acceptors (Lipinski definition) is 4. The lowest BCUT2D eigenvalue weighted by Crippen LogP contribution is -2.38. The molecule has 0 radical (unpaired) electrons. The molecular weight excluding hydrogens is 444 g/mol. The predicted molar refractivity (Wildman–Crippen MR) is 131 cm³/mol. The van der Waals surface area contributed by atoms with Crippen LogP contribution < -0.4 is 10.6 Å². The molecule has 0 bridgehead atoms. The minimum Gasteiger partial charge on any atom is -0.481 e. The normalized spacial score (nSPS) is 24.6. The molecule has 0 aliphatic heterocycles. The fraction of sp³-hybridized carbons (Fsp3) is 0.464. The average molecular weight is 477 g/mol. The van der Waals surface area contributed by atoms with Gasteiger partial charge in [-0.25, -0.2) is 4.79 Å². The number of carboxylic acid groups (broad SMARTS) is 1. The first kappa shape index (κ1) is 23.4. The van der Waals surface area contributed by atoms with Crippen LogP contribution in [0, 0.1) is 17.3 Å². The first-order valence-corrected chi connectivity index (χ1v) is 12.5. The van der Waals surface area contributed by atoms with E-state index in [1.165, 1.54) is 22.3 Å². The third-order valence-corrected chi connectivity index (χ3v) is 8.06. The molecule has 2 fully saturated rings. The Morgan fingerprint density at radius 1 is 1.06 bits per heavy atom. The second-order valence-electron chi connectivity index (χ2n) is 10.3. The molecule has 7 heteroatoms. The summed E-state index contributed by atoms with van der Waals surface area (Å²) in [7, 11) is 0. The Morgan fingerprint density at radius 3 is 2.34 bits per heavy atom. The van der Waals surface area contributed by atoms with Crippen molar-refractivity contribution in [1.82, 2.24) is 10.6 Å². The van der Waals surface area contributed by atoms with E-state index in [4.69, 9.17) is 4.74 Å². The second kappa shape index (κ2) is 9.36. The Bertz CT molecular complexity index is 1100. The molecule has 0 saturated heterocycles. The monoisotopic (exact) mass is 476 g/mol. The van der Waals surface area contributed by atoms with Crippen LogP contribution in [-0.4, -0.2) is 42.3 Å². The first-order chi connectivity index (χ1) is 16.9. The molecule has 7 nitrogen and oxygen atoms in total. The van der Waals surface area contributed by atoms with Crippen molar-refractivity contribution in [1.29, 1.82) is 0 Å². The number of hydrogen-bond donors (Lipinski definition) is 3. The van der Waals surface area contributed by atoms with Gasteiger partial charge in [0.2, 0.25) is 5.91 Å². The SMILES string of the molecule is CC(CCCNC(=O)OCC1c2ccccc2-c2ccccc21)C(=O)NC1CC2CC2(C(=O)O)C1. The van der Waals surface area contributed by atoms with Crippen LogP contribution in [0.4, 0.5) is 4.79 Å². The molecular formula is C28H32N2O5. The van der Waals surface area contributed by atoms with Gasteiger partial charge in [-0.1, -0.05) is 55.5 Å². The van der Waals surface area contributed by atoms with E-state index in [0.29, 0.717) is 25.8 Å². The zero-order valence-electron chi connectivity index (χ0n) is 20.0. The number of carbonyl (C=O) groups excluding carboxylic acids is 2. The van der Waals surface area contributed by atoms with Crippen LogP contribution in [0.1, 0.15) is 56.1 Å². The first-order valence-electron chi connectivity index (χ1n) is 12.5. The maximum atomic E-state index is 12.5. The third kappa shape index (κ3) is 4.51. The number of benzene rings is 2. The summed E-state index contributed by atoms with van der Waals surface area (Å²) >= 11 is 0. The average Bonchev–Trinajstić information content (AvgIpc) is 3.28. The van der Waals surface area contributed by atoms with Crippen molar-refractivity contribution in [2.75, 3.05) is 13.2 Å². The second-order valence-corrected chi connectivity index (χ2v) is 10.3. The van der Waals surface area contributed by atoms with Crippen LogP contribution in [0.2, 0.25) is 0 Å². The van der Waals surface area contributed by atoms with Gasteiger partial charge in [-0.3, -0.25) is 9.59 Å². The third-order valence-electron chi connectivity index (χ3n) is 8.06. The van der Waals surface area contributed by atoms with Gasteiger partial charge in [-0.05, 0) is 60.3 Å². The predicted octanol–water partition coefficient (Wildman–Crippen LogP) is 4.31. The highest BCUT2D eigenvalue weighted by atomic mass is 16.5. The molecule has 2 aromatic carbocycles. The van der Waals surface area contributed by atoms with E-state index in [-0.39, 0.29) is 36.3 Å². The summed E-state index contributed by atoms with van der Waals surface area (Å²) < 4.78 is 5.55. The van der Waals surface area contributed by atoms with E-state index in [1.807, 2.05) is 31.2 Å². The zero-order chi connectivity index (χ0) is 24.6. The topological polar surface area (TPSA) is 105 Å². The standard InChI is InChI=1S/C28H32N2O5/c1-17(25(31)30-19-13-18-14-28(18,15-19)26(32)33)7-6-12-29-27(34)35-16-24-22-10-4-2-8-20(22)21-9-3-5-11-23(21)24/h2-5,8-11,17-19,24H,6-7,12-16H2,1H3,(H,29,34)(H,30,31)(H,32,33). The van der Waals surface area contributed by atoms with Gasteiger partial charge < -0.3 is 20.5 Å². The molecule has 2 amide bonds. The van der Waals surface area contributed by atoms with Gasteiger partial charge in [-0.15, -0.1) is 0 Å². The molecule has 5 rings (SSSR count). The molecule has 35 heavy (non-hydrogen) atoms. The lowest BCUT2D eigenvalue weighted by molar-refractivity contribution is -0.144. The van der Waals surface area contributed by atoms with Gasteiger partial charge in [-0.2, -0.15) is 0 Å². The van der Waals surface area contributed by atoms with Gasteiger partial charge in [0.25, 0.3) is 0 Å². The number of alkyl carbamates (subject to hydrolysis) is 1. The number of amides is 2. The number of nitrogens with one attached hydrogen (secondary N) is 2. The van der Waals surface area contributed by atoms with E-state index in [2.05, 4.69) is 34.9 Å². The number of aliphatic carboxylic acids is 1. The van der Waals surface area contributed by atoms with Crippen LogP contribution in [0.3, 0.4) is 0 Å². The van der Waals surface area contributed by atoms with Gasteiger partial charge in [0.1, 0.15) is 6.61 Å². The van der Waals surface area contributed by atoms with Crippen molar-refractivity contribution in [3.63, 3.8) is 0 Å². The van der Waals surface area contributed by atoms with E-state index >= 15 is 0 Å². The number of carbonyl (C=O) groups is 3. The van der Waals surface area contributed by atoms with Crippen LogP contribution in [-0.2, 0) is 14.3 Å². The molecule has 0 spiro atoms. The van der Waals surface area contributed by atoms with Crippen LogP contribution in [0.25, 0.3) is 11.1 Å². The van der Waals surface area contributed by atoms with E-state index in [9.17, 15) is 19.5 Å². The van der Waals surface area contributed by atoms with E-state index in [1.54, 1.807) is 0 Å². The van der Waals surface area contributed by atoms with Crippen molar-refractivity contribution < 1.29 is 24.2 Å². The van der Waals surface area contributed by atoms with E-state index in [0.717, 1.165) is 12.8 Å². The summed E-state index contributed by atoms with van der Waals surface area (Å²) in [6.45, 7) is 2.58. The maximum Gasteiger partial charge on any atom is 0.407 e. The fourth-order valence-corrected chi connectivity index (χ4v) is 5.99. The summed E-state index contributed by atoms with van der Waals surface area (Å²) in [5.74, 6) is -0.734. The number of carboxylic acids is 1. The van der Waals surface area contributed by atoms with Crippen molar-refractivity contribution in [2.45, 2.75) is 51.0 Å². The molecule has 3 aliphatic rings. The highest BCUT2D eigenvalue weighted by Crippen LogP contribution is 2.63. The number of fused-ring (bicyclic) bond motifs is 4. The molecule has 0 heterocycles. The van der Waals surface area contributed by atoms with Crippen molar-refractivity contribution >= 4 is 18.0 Å². The summed E-state index contributed by atoms with van der Waals surface area (Å²) in [4.78, 5) is 36.2. The quantitative estimate of drug-likeness (QED) is 0.468. The van der Waals surface area contributed by atoms with Crippen LogP contribution in [0.15, 0.2) is 48.5 Å². The van der Waals surface area contributed by atoms with E-state index < -0.39 is 17.5 Å². The summed E-state index contributed by atoms with van der Waals surface area (Å²) in [5, 5.41) is 15.2. The van der Waals surface area contributed by atoms with Crippen LogP contribution in [0.5, 0.6) is 0 Å². The van der Waals surface area contributed by atoms with Gasteiger partial charge >= 0.3 is 12.1 Å². The molecule has 4 atom stereocenters. The van der Waals surface area contributed by atoms with Crippen molar-refractivity contribution in [2.24, 2.45) is 17.3 Å². The number of ether oxygens (including phenoxy) is 1. The Balaban J connectivity index is 1.02. The largest absolute Gasteiger partial charge is 0.481 e. The lowest BCUT2D eigenvalue weighted by atomic mass is 9.98. The molecule has 3 aliphatic carbocycles. The van der Waals surface area contributed by atoms with Gasteiger partial charge in [0.15, 0.2) is 0 Å². The molecule has 184 valence electrons. The van der Waals surface area contributed by atoms with Crippen molar-refractivity contribution in [3.8, 4) is 11.1 Å². The molecule has 0 aromatic heterocycles. The minimum atomic E-state index is -0.730. The Morgan fingerprint density at radius 2 is 1.71 bits per heavy atom. The fourth-order valence-electron chi connectivity index (χ4n) is 5.99. The molecule has 2 saturated carbocycles. The van der Waals surface area contributed by atoms with Gasteiger partial charge in [0.05, 0.1) is 5.41 Å². The Hall–Kier alpha value is -3.35. The lowest BCUT2D eigenvalue weighted by Gasteiger charge is -2.19. The van der Waals surface area contributed by atoms with Gasteiger partial charge in [0, 0.05) is 24.4 Å². The minimum absolute atomic E-state index is 0.0266. The molecule has 2 aromatic rings. The van der Waals surface area contributed by atoms with Crippen LogP contribution >= 0.6 is 0 Å². The summed E-state index contributed by atoms with van der Waals surface area (Å²) in [6.07, 6.45) is 2.88. The summed E-state index contributed by atoms with van der Waals surface area (Å²) in [5.41, 5.74) is 4.15. The summed E-state index contributed by atoms with van der Waals surface area (Å²) in [6, 6.07) is 16.4. The smallest absolute Gasteiger partial charge is 0.407 e. The Kier molecular flexibility index (Phi) is 6.26.